The number of benzene rings is 11. The summed E-state index contributed by atoms with van der Waals surface area (Å²) in [7, 11) is 3.37. The lowest BCUT2D eigenvalue weighted by atomic mass is 9.44. The Morgan fingerprint density at radius 2 is 1.04 bits per heavy atom. The summed E-state index contributed by atoms with van der Waals surface area (Å²) in [6.45, 7) is 6.48. The third-order valence-corrected chi connectivity index (χ3v) is 16.4. The van der Waals surface area contributed by atoms with Gasteiger partial charge in [0, 0.05) is 40.2 Å². The van der Waals surface area contributed by atoms with Crippen LogP contribution < -0.4 is 9.47 Å². The van der Waals surface area contributed by atoms with E-state index >= 15 is 0 Å². The second-order valence-electron chi connectivity index (χ2n) is 21.1. The Hall–Kier alpha value is -10.3. The molecule has 2 aliphatic rings. The van der Waals surface area contributed by atoms with Gasteiger partial charge in [0.2, 0.25) is 0 Å². The van der Waals surface area contributed by atoms with E-state index in [1.165, 1.54) is 53.9 Å². The largest absolute Gasteiger partial charge is 0.521 e. The van der Waals surface area contributed by atoms with Crippen LogP contribution in [0.2, 0.25) is 0 Å². The second kappa shape index (κ2) is 19.5. The molecule has 14 rings (SSSR count). The predicted molar refractivity (Wildman–Crippen MR) is 336 cm³/mol. The summed E-state index contributed by atoms with van der Waals surface area (Å²) >= 11 is 0. The third-order valence-electron chi connectivity index (χ3n) is 16.4. The van der Waals surface area contributed by atoms with Gasteiger partial charge < -0.3 is 23.2 Å². The lowest BCUT2D eigenvalue weighted by Gasteiger charge is -2.39. The van der Waals surface area contributed by atoms with Crippen molar-refractivity contribution in [1.29, 1.82) is 0 Å². The number of fused-ring (bicyclic) bond motifs is 2. The maximum atomic E-state index is 13.2. The molecule has 1 aromatic heterocycles. The molecule has 6 nitrogen and oxygen atoms in total. The van der Waals surface area contributed by atoms with Gasteiger partial charge in [0.25, 0.3) is 0 Å². The molecule has 0 spiro atoms. The smallest absolute Gasteiger partial charge is 0.497 e. The van der Waals surface area contributed by atoms with E-state index < -0.39 is 6.42 Å². The third kappa shape index (κ3) is 8.08. The Labute approximate surface area is 470 Å². The van der Waals surface area contributed by atoms with Crippen LogP contribution in [0, 0.1) is 30.4 Å². The number of hydrogen-bond donors (Lipinski definition) is 0. The Morgan fingerprint density at radius 1 is 0.556 bits per heavy atom. The molecule has 0 radical (unpaired) electrons. The highest BCUT2D eigenvalue weighted by Gasteiger charge is 2.51. The molecule has 0 bridgehead atoms. The Kier molecular flexibility index (Phi) is 11.8. The molecule has 0 aliphatic carbocycles. The number of methoxy groups -OCH3 is 2. The highest BCUT2D eigenvalue weighted by molar-refractivity contribution is 6.87. The Morgan fingerprint density at radius 3 is 1.54 bits per heavy atom. The molecule has 0 saturated carbocycles. The van der Waals surface area contributed by atoms with Crippen LogP contribution >= 0.6 is 0 Å². The molecule has 11 aromatic carbocycles. The van der Waals surface area contributed by atoms with Crippen LogP contribution in [0.15, 0.2) is 211 Å². The van der Waals surface area contributed by atoms with E-state index in [0.29, 0.717) is 5.56 Å². The van der Waals surface area contributed by atoms with Gasteiger partial charge in [-0.1, -0.05) is 140 Å². The number of nitrogens with zero attached hydrogens (tertiary/aromatic N) is 2. The number of ether oxygens (including phenoxy) is 3. The molecule has 0 fully saturated rings. The van der Waals surface area contributed by atoms with E-state index in [1.807, 2.05) is 55.5 Å². The highest BCUT2D eigenvalue weighted by Crippen LogP contribution is 2.45. The fraction of sp³-hybridized carbons (Fsp3) is 0.0811. The minimum Gasteiger partial charge on any atom is -0.497 e. The van der Waals surface area contributed by atoms with Crippen molar-refractivity contribution < 1.29 is 23.5 Å². The van der Waals surface area contributed by atoms with E-state index in [1.54, 1.807) is 14.2 Å². The topological polar surface area (TPSA) is 52.7 Å². The van der Waals surface area contributed by atoms with Crippen molar-refractivity contribution in [1.82, 2.24) is 4.48 Å². The van der Waals surface area contributed by atoms with Gasteiger partial charge in [-0.15, -0.1) is 11.8 Å². The number of carbonyl (C=O) groups is 1. The van der Waals surface area contributed by atoms with Crippen LogP contribution in [-0.2, 0) is 4.74 Å². The van der Waals surface area contributed by atoms with Crippen molar-refractivity contribution in [3.63, 3.8) is 0 Å². The van der Waals surface area contributed by atoms with Crippen LogP contribution in [0.25, 0.3) is 88.4 Å². The first-order valence-electron chi connectivity index (χ1n) is 27.5. The van der Waals surface area contributed by atoms with Crippen LogP contribution in [0.1, 0.15) is 69.0 Å². The van der Waals surface area contributed by atoms with Gasteiger partial charge in [0.1, 0.15) is 11.5 Å². The first kappa shape index (κ1) is 49.0. The summed E-state index contributed by atoms with van der Waals surface area (Å²) in [6, 6.07) is 65.9. The number of esters is 1. The standard InChI is InChI=1S/C74H53BN2O4/c1-6-81-74(78)60-29-27-59(28-30-60)71-72-47(2)45-61(33-13-49-15-35-63(79-4)36-16-49)76(72)75(77-62(46-48(3)73(71)77)34-14-50-17-37-64(80-5)38-18-50,43-41-51-19-21-57-25-23-53-9-7-11-55-31-39-65(51)69(57)67(53)55)44-42-52-20-22-58-26-24-54-10-8-12-56-32-40-66(52)70(58)68(54)56/h7-40,45-46H,6H2,1-5H3/b33-13+,34-14+. The van der Waals surface area contributed by atoms with Crippen molar-refractivity contribution in [3.05, 3.63) is 262 Å². The summed E-state index contributed by atoms with van der Waals surface area (Å²) in [5, 5.41) is 14.2. The van der Waals surface area contributed by atoms with E-state index in [9.17, 15) is 4.79 Å². The molecule has 12 aromatic rings. The SMILES string of the molecule is CCOC(=O)c1ccc(C2=C3C(C)=CC(/C=C/c4ccc(OC)cc4)=[N+]3[B-](C#Cc3ccc4ccc5cccc6ccc3c4c56)(C#Cc3ccc4ccc5cccc6ccc3c4c56)n3c(/C=C/c4ccc(OC)cc4)cc(C)c32)cc1. The summed E-state index contributed by atoms with van der Waals surface area (Å²) in [6.07, 6.45) is 8.42. The van der Waals surface area contributed by atoms with Crippen LogP contribution in [0.4, 0.5) is 0 Å². The maximum absolute atomic E-state index is 13.2. The molecular formula is C74H53BN2O4. The minimum absolute atomic E-state index is 0.284. The van der Waals surface area contributed by atoms with Crippen molar-refractivity contribution in [2.24, 2.45) is 0 Å². The van der Waals surface area contributed by atoms with Gasteiger partial charge in [-0.2, -0.15) is 11.6 Å². The summed E-state index contributed by atoms with van der Waals surface area (Å²) in [5.74, 6) is 17.4. The van der Waals surface area contributed by atoms with Gasteiger partial charge in [-0.05, 0) is 174 Å². The number of carbonyl (C=O) groups excluding carboxylic acids is 1. The molecule has 0 amide bonds. The quantitative estimate of drug-likeness (QED) is 0.0626. The van der Waals surface area contributed by atoms with Crippen LogP contribution in [-0.4, -0.2) is 47.9 Å². The van der Waals surface area contributed by atoms with Gasteiger partial charge in [-0.3, -0.25) is 0 Å². The summed E-state index contributed by atoms with van der Waals surface area (Å²) < 4.78 is 21.5. The molecule has 0 saturated heterocycles. The van der Waals surface area contributed by atoms with Crippen LogP contribution in [0.3, 0.4) is 0 Å². The molecule has 81 heavy (non-hydrogen) atoms. The highest BCUT2D eigenvalue weighted by atomic mass is 16.5. The fourth-order valence-electron chi connectivity index (χ4n) is 12.7. The van der Waals surface area contributed by atoms with Crippen LogP contribution in [0.5, 0.6) is 11.5 Å². The number of aromatic nitrogens is 1. The van der Waals surface area contributed by atoms with Crippen molar-refractivity contribution in [2.45, 2.75) is 20.8 Å². The van der Waals surface area contributed by atoms with Crippen molar-refractivity contribution in [3.8, 4) is 35.0 Å². The Balaban J connectivity index is 1.11. The summed E-state index contributed by atoms with van der Waals surface area (Å²) in [4.78, 5) is 13.2. The first-order valence-corrected chi connectivity index (χ1v) is 27.5. The zero-order valence-corrected chi connectivity index (χ0v) is 45.6. The predicted octanol–water partition coefficient (Wildman–Crippen LogP) is 16.3. The molecule has 7 heteroatoms. The van der Waals surface area contributed by atoms with Gasteiger partial charge in [0.05, 0.1) is 32.0 Å². The molecular weight excluding hydrogens is 992 g/mol. The van der Waals surface area contributed by atoms with Gasteiger partial charge >= 0.3 is 12.4 Å². The van der Waals surface area contributed by atoms with Crippen molar-refractivity contribution >= 4 is 107 Å². The first-order chi connectivity index (χ1) is 39.7. The lowest BCUT2D eigenvalue weighted by molar-refractivity contribution is -0.328. The van der Waals surface area contributed by atoms with E-state index in [4.69, 9.17) is 14.2 Å². The zero-order chi connectivity index (χ0) is 54.9. The summed E-state index contributed by atoms with van der Waals surface area (Å²) in [5.41, 5.74) is 12.2. The average molecular weight is 1050 g/mol. The molecule has 386 valence electrons. The molecule has 0 atom stereocenters. The van der Waals surface area contributed by atoms with E-state index in [-0.39, 0.29) is 12.6 Å². The second-order valence-corrected chi connectivity index (χ2v) is 21.1. The number of hydrogen-bond acceptors (Lipinski definition) is 4. The average Bonchev–Trinajstić information content (AvgIpc) is 4.18. The zero-order valence-electron chi connectivity index (χ0n) is 45.6. The number of aryl methyl sites for hydroxylation is 1. The normalized spacial score (nSPS) is 13.9. The lowest BCUT2D eigenvalue weighted by Crippen LogP contribution is -2.57. The molecule has 2 aliphatic heterocycles. The fourth-order valence-corrected chi connectivity index (χ4v) is 12.7. The Bertz CT molecular complexity index is 4680. The van der Waals surface area contributed by atoms with Gasteiger partial charge in [0.15, 0.2) is 11.4 Å². The maximum Gasteiger partial charge on any atom is 0.521 e. The van der Waals surface area contributed by atoms with E-state index in [2.05, 4.69) is 216 Å². The molecule has 3 heterocycles. The molecule has 0 N–H and O–H groups in total. The number of rotatable bonds is 9. The monoisotopic (exact) mass is 1040 g/mol. The van der Waals surface area contributed by atoms with E-state index in [0.717, 1.165) is 89.6 Å². The minimum atomic E-state index is -2.54. The van der Waals surface area contributed by atoms with Gasteiger partial charge in [-0.25, -0.2) is 4.79 Å². The number of allylic oxidation sites excluding steroid dienone is 3. The molecule has 0 unspecified atom stereocenters. The van der Waals surface area contributed by atoms with Crippen molar-refractivity contribution in [2.75, 3.05) is 20.8 Å².